The molecule has 0 saturated carbocycles. The number of pyridine rings is 1. The minimum Gasteiger partial charge on any atom is -0.383 e. The fourth-order valence-electron chi connectivity index (χ4n) is 3.42. The van der Waals surface area contributed by atoms with Gasteiger partial charge in [-0.2, -0.15) is 0 Å². The van der Waals surface area contributed by atoms with Crippen LogP contribution >= 0.6 is 0 Å². The van der Waals surface area contributed by atoms with E-state index in [-0.39, 0.29) is 17.3 Å². The molecule has 0 saturated heterocycles. The number of nitrogens with zero attached hydrogens (tertiary/aromatic N) is 3. The first-order valence-electron chi connectivity index (χ1n) is 10.5. The van der Waals surface area contributed by atoms with Gasteiger partial charge in [0.1, 0.15) is 11.5 Å². The SMILES string of the molecule is CCCN(CC)Cc1ccc(-c2cnc(N)c(C(=Nc3cccc(F)c3F)NN)c2)cc1. The Morgan fingerprint density at radius 2 is 1.84 bits per heavy atom. The molecule has 0 aliphatic rings. The lowest BCUT2D eigenvalue weighted by atomic mass is 10.0. The van der Waals surface area contributed by atoms with Crippen molar-refractivity contribution in [3.8, 4) is 11.1 Å². The number of hydrogen-bond acceptors (Lipinski definition) is 5. The number of nitrogens with one attached hydrogen (secondary N) is 1. The molecule has 3 aromatic rings. The minimum atomic E-state index is -1.07. The van der Waals surface area contributed by atoms with Crippen LogP contribution in [0.25, 0.3) is 11.1 Å². The third-order valence-corrected chi connectivity index (χ3v) is 5.15. The van der Waals surface area contributed by atoms with E-state index in [1.807, 2.05) is 12.1 Å². The van der Waals surface area contributed by atoms with Crippen LogP contribution in [0.5, 0.6) is 0 Å². The summed E-state index contributed by atoms with van der Waals surface area (Å²) in [5, 5.41) is 0. The Labute approximate surface area is 187 Å². The Morgan fingerprint density at radius 1 is 1.09 bits per heavy atom. The number of amidine groups is 1. The zero-order valence-corrected chi connectivity index (χ0v) is 18.3. The maximum absolute atomic E-state index is 14.1. The standard InChI is InChI=1S/C24H28F2N6/c1-3-12-32(4-2)15-16-8-10-17(11-9-16)18-13-19(23(27)29-14-18)24(31-28)30-21-7-5-6-20(25)22(21)26/h5-11,13-14H,3-4,12,15,28H2,1-2H3,(H2,27,29)(H,30,31). The molecule has 0 bridgehead atoms. The van der Waals surface area contributed by atoms with Crippen LogP contribution in [0.4, 0.5) is 20.3 Å². The van der Waals surface area contributed by atoms with Gasteiger partial charge in [0.2, 0.25) is 0 Å². The number of aliphatic imine (C=N–C) groups is 1. The van der Waals surface area contributed by atoms with E-state index in [1.54, 1.807) is 12.3 Å². The lowest BCUT2D eigenvalue weighted by Gasteiger charge is -2.19. The van der Waals surface area contributed by atoms with Crippen molar-refractivity contribution in [1.82, 2.24) is 15.3 Å². The van der Waals surface area contributed by atoms with Crippen molar-refractivity contribution in [1.29, 1.82) is 0 Å². The van der Waals surface area contributed by atoms with Gasteiger partial charge in [0.05, 0.1) is 5.56 Å². The third kappa shape index (κ3) is 5.46. The van der Waals surface area contributed by atoms with E-state index in [1.165, 1.54) is 17.7 Å². The number of anilines is 1. The van der Waals surface area contributed by atoms with E-state index in [0.29, 0.717) is 5.56 Å². The zero-order chi connectivity index (χ0) is 23.1. The van der Waals surface area contributed by atoms with Gasteiger partial charge in [0, 0.05) is 18.3 Å². The molecule has 0 spiro atoms. The Kier molecular flexibility index (Phi) is 7.86. The molecular weight excluding hydrogens is 410 g/mol. The molecule has 1 aromatic heterocycles. The maximum atomic E-state index is 14.1. The van der Waals surface area contributed by atoms with Crippen LogP contribution in [0.2, 0.25) is 0 Å². The van der Waals surface area contributed by atoms with Crippen molar-refractivity contribution in [2.75, 3.05) is 18.8 Å². The van der Waals surface area contributed by atoms with Crippen molar-refractivity contribution >= 4 is 17.3 Å². The van der Waals surface area contributed by atoms with Crippen LogP contribution in [0.3, 0.4) is 0 Å². The van der Waals surface area contributed by atoms with Gasteiger partial charge in [0.15, 0.2) is 17.5 Å². The van der Waals surface area contributed by atoms with Crippen LogP contribution in [-0.4, -0.2) is 28.8 Å². The second-order valence-corrected chi connectivity index (χ2v) is 7.40. The number of aromatic nitrogens is 1. The predicted octanol–water partition coefficient (Wildman–Crippen LogP) is 4.38. The number of rotatable bonds is 8. The molecule has 0 aliphatic heterocycles. The number of hydrazine groups is 1. The number of benzene rings is 2. The summed E-state index contributed by atoms with van der Waals surface area (Å²) in [6.07, 6.45) is 2.77. The van der Waals surface area contributed by atoms with Crippen LogP contribution in [0.1, 0.15) is 31.4 Å². The molecule has 0 fully saturated rings. The molecular formula is C24H28F2N6. The van der Waals surface area contributed by atoms with Crippen molar-refractivity contribution in [3.05, 3.63) is 77.5 Å². The summed E-state index contributed by atoms with van der Waals surface area (Å²) in [5.74, 6) is 3.80. The first-order valence-corrected chi connectivity index (χ1v) is 10.5. The molecule has 2 aromatic carbocycles. The summed E-state index contributed by atoms with van der Waals surface area (Å²) in [7, 11) is 0. The first-order chi connectivity index (χ1) is 15.5. The molecule has 0 aliphatic carbocycles. The van der Waals surface area contributed by atoms with E-state index in [0.717, 1.165) is 43.2 Å². The first kappa shape index (κ1) is 23.3. The van der Waals surface area contributed by atoms with E-state index in [2.05, 4.69) is 46.3 Å². The molecule has 6 nitrogen and oxygen atoms in total. The van der Waals surface area contributed by atoms with E-state index in [9.17, 15) is 8.78 Å². The molecule has 3 rings (SSSR count). The molecule has 0 amide bonds. The molecule has 5 N–H and O–H groups in total. The van der Waals surface area contributed by atoms with Gasteiger partial charge >= 0.3 is 0 Å². The van der Waals surface area contributed by atoms with Gasteiger partial charge in [-0.3, -0.25) is 4.90 Å². The summed E-state index contributed by atoms with van der Waals surface area (Å²) in [5.41, 5.74) is 11.6. The van der Waals surface area contributed by atoms with Gasteiger partial charge in [-0.1, -0.05) is 44.2 Å². The summed E-state index contributed by atoms with van der Waals surface area (Å²) in [6, 6.07) is 13.7. The van der Waals surface area contributed by atoms with Crippen molar-refractivity contribution in [2.45, 2.75) is 26.8 Å². The fraction of sp³-hybridized carbons (Fsp3) is 0.250. The number of nitrogen functional groups attached to an aromatic ring is 1. The average Bonchev–Trinajstić information content (AvgIpc) is 2.81. The summed E-state index contributed by atoms with van der Waals surface area (Å²) in [4.78, 5) is 10.7. The Hall–Kier alpha value is -3.36. The Morgan fingerprint density at radius 3 is 2.50 bits per heavy atom. The van der Waals surface area contributed by atoms with Crippen molar-refractivity contribution in [2.24, 2.45) is 10.8 Å². The quantitative estimate of drug-likeness (QED) is 0.210. The van der Waals surface area contributed by atoms with Crippen LogP contribution in [-0.2, 0) is 6.54 Å². The monoisotopic (exact) mass is 438 g/mol. The molecule has 168 valence electrons. The number of halogens is 2. The topological polar surface area (TPSA) is 92.6 Å². The molecule has 32 heavy (non-hydrogen) atoms. The van der Waals surface area contributed by atoms with Gasteiger partial charge in [-0.25, -0.2) is 24.6 Å². The lowest BCUT2D eigenvalue weighted by Crippen LogP contribution is -2.31. The largest absolute Gasteiger partial charge is 0.383 e. The van der Waals surface area contributed by atoms with Crippen LogP contribution < -0.4 is 17.0 Å². The van der Waals surface area contributed by atoms with Gasteiger partial charge in [0.25, 0.3) is 0 Å². The van der Waals surface area contributed by atoms with Gasteiger partial charge in [-0.15, -0.1) is 0 Å². The van der Waals surface area contributed by atoms with E-state index < -0.39 is 11.6 Å². The van der Waals surface area contributed by atoms with Crippen LogP contribution in [0, 0.1) is 11.6 Å². The minimum absolute atomic E-state index is 0.0797. The predicted molar refractivity (Wildman–Crippen MR) is 125 cm³/mol. The average molecular weight is 439 g/mol. The molecule has 0 atom stereocenters. The van der Waals surface area contributed by atoms with E-state index in [4.69, 9.17) is 11.6 Å². The summed E-state index contributed by atoms with van der Waals surface area (Å²) in [6.45, 7) is 7.29. The molecule has 1 heterocycles. The van der Waals surface area contributed by atoms with E-state index >= 15 is 0 Å². The van der Waals surface area contributed by atoms with Crippen molar-refractivity contribution < 1.29 is 8.78 Å². The normalized spacial score (nSPS) is 11.8. The highest BCUT2D eigenvalue weighted by atomic mass is 19.2. The second kappa shape index (κ2) is 10.8. The third-order valence-electron chi connectivity index (χ3n) is 5.15. The Bertz CT molecular complexity index is 1080. The zero-order valence-electron chi connectivity index (χ0n) is 18.3. The number of nitrogens with two attached hydrogens (primary N) is 2. The van der Waals surface area contributed by atoms with Crippen LogP contribution in [0.15, 0.2) is 59.7 Å². The highest BCUT2D eigenvalue weighted by Gasteiger charge is 2.13. The highest BCUT2D eigenvalue weighted by Crippen LogP contribution is 2.25. The number of hydrogen-bond donors (Lipinski definition) is 3. The smallest absolute Gasteiger partial charge is 0.184 e. The molecule has 0 unspecified atom stereocenters. The maximum Gasteiger partial charge on any atom is 0.184 e. The molecule has 0 radical (unpaired) electrons. The van der Waals surface area contributed by atoms with Gasteiger partial charge in [-0.05, 0) is 48.8 Å². The fourth-order valence-corrected chi connectivity index (χ4v) is 3.42. The Balaban J connectivity index is 1.91. The summed E-state index contributed by atoms with van der Waals surface area (Å²) < 4.78 is 27.6. The second-order valence-electron chi connectivity index (χ2n) is 7.40. The lowest BCUT2D eigenvalue weighted by molar-refractivity contribution is 0.280. The molecule has 8 heteroatoms. The van der Waals surface area contributed by atoms with Crippen molar-refractivity contribution in [3.63, 3.8) is 0 Å². The van der Waals surface area contributed by atoms with Gasteiger partial charge < -0.3 is 11.2 Å². The highest BCUT2D eigenvalue weighted by molar-refractivity contribution is 6.04. The summed E-state index contributed by atoms with van der Waals surface area (Å²) >= 11 is 0.